The Kier molecular flexibility index (Phi) is 7.65. The second kappa shape index (κ2) is 9.27. The molecule has 0 saturated heterocycles. The topological polar surface area (TPSA) is 50.4 Å². The highest BCUT2D eigenvalue weighted by Gasteiger charge is 2.08. The molecule has 4 heteroatoms. The molecular formula is C17H28N2O2. The number of ether oxygens (including phenoxy) is 1. The Morgan fingerprint density at radius 1 is 1.19 bits per heavy atom. The lowest BCUT2D eigenvalue weighted by Crippen LogP contribution is -2.37. The van der Waals surface area contributed by atoms with Crippen LogP contribution in [0, 0.1) is 0 Å². The molecule has 2 N–H and O–H groups in total. The van der Waals surface area contributed by atoms with Gasteiger partial charge in [0.05, 0.1) is 12.6 Å². The molecule has 1 aromatic rings. The van der Waals surface area contributed by atoms with Crippen molar-refractivity contribution in [2.24, 2.45) is 0 Å². The Labute approximate surface area is 128 Å². The van der Waals surface area contributed by atoms with Gasteiger partial charge in [0.15, 0.2) is 0 Å². The molecule has 1 amide bonds. The molecule has 4 nitrogen and oxygen atoms in total. The van der Waals surface area contributed by atoms with Crippen molar-refractivity contribution in [1.82, 2.24) is 5.32 Å². The fourth-order valence-electron chi connectivity index (χ4n) is 1.95. The van der Waals surface area contributed by atoms with Crippen LogP contribution in [0.5, 0.6) is 5.75 Å². The van der Waals surface area contributed by atoms with Crippen LogP contribution in [-0.2, 0) is 4.79 Å². The Bertz CT molecular complexity index is 431. The van der Waals surface area contributed by atoms with Crippen molar-refractivity contribution in [2.75, 3.05) is 11.9 Å². The number of benzene rings is 1. The fraction of sp³-hybridized carbons (Fsp3) is 0.588. The summed E-state index contributed by atoms with van der Waals surface area (Å²) in [6.07, 6.45) is 3.08. The molecule has 1 unspecified atom stereocenters. The van der Waals surface area contributed by atoms with Crippen molar-refractivity contribution in [2.45, 2.75) is 59.1 Å². The van der Waals surface area contributed by atoms with E-state index in [1.54, 1.807) is 0 Å². The first-order chi connectivity index (χ1) is 10.1. The van der Waals surface area contributed by atoms with E-state index in [-0.39, 0.29) is 24.6 Å². The Hall–Kier alpha value is -1.71. The quantitative estimate of drug-likeness (QED) is 0.731. The van der Waals surface area contributed by atoms with E-state index in [1.807, 2.05) is 31.2 Å². The monoisotopic (exact) mass is 292 g/mol. The van der Waals surface area contributed by atoms with E-state index in [9.17, 15) is 4.79 Å². The predicted octanol–water partition coefficient (Wildman–Crippen LogP) is 3.58. The van der Waals surface area contributed by atoms with Crippen molar-refractivity contribution < 1.29 is 9.53 Å². The molecule has 21 heavy (non-hydrogen) atoms. The van der Waals surface area contributed by atoms with Crippen LogP contribution in [-0.4, -0.2) is 24.6 Å². The van der Waals surface area contributed by atoms with Crippen molar-refractivity contribution >= 4 is 11.6 Å². The number of rotatable bonds is 9. The molecule has 1 atom stereocenters. The summed E-state index contributed by atoms with van der Waals surface area (Å²) in [5.41, 5.74) is 0.899. The third-order valence-corrected chi connectivity index (χ3v) is 3.55. The Morgan fingerprint density at radius 2 is 1.90 bits per heavy atom. The van der Waals surface area contributed by atoms with E-state index >= 15 is 0 Å². The van der Waals surface area contributed by atoms with Gasteiger partial charge < -0.3 is 15.4 Å². The van der Waals surface area contributed by atoms with Crippen LogP contribution in [0.4, 0.5) is 5.69 Å². The molecule has 1 aromatic carbocycles. The summed E-state index contributed by atoms with van der Waals surface area (Å²) in [5, 5.41) is 6.15. The van der Waals surface area contributed by atoms with Crippen LogP contribution in [0.1, 0.15) is 47.0 Å². The van der Waals surface area contributed by atoms with Crippen LogP contribution in [0.25, 0.3) is 0 Å². The summed E-state index contributed by atoms with van der Waals surface area (Å²) in [5.74, 6) is 0.853. The van der Waals surface area contributed by atoms with E-state index < -0.39 is 0 Å². The summed E-state index contributed by atoms with van der Waals surface area (Å²) < 4.78 is 5.77. The summed E-state index contributed by atoms with van der Waals surface area (Å²) in [4.78, 5) is 11.8. The highest BCUT2D eigenvalue weighted by molar-refractivity contribution is 5.81. The van der Waals surface area contributed by atoms with Crippen LogP contribution < -0.4 is 15.4 Å². The molecule has 0 aliphatic heterocycles. The first-order valence-corrected chi connectivity index (χ1v) is 7.88. The van der Waals surface area contributed by atoms with Crippen molar-refractivity contribution in [3.8, 4) is 5.75 Å². The van der Waals surface area contributed by atoms with Gasteiger partial charge in [0.1, 0.15) is 5.75 Å². The van der Waals surface area contributed by atoms with Gasteiger partial charge in [-0.2, -0.15) is 0 Å². The molecule has 0 radical (unpaired) electrons. The lowest BCUT2D eigenvalue weighted by Gasteiger charge is -2.16. The lowest BCUT2D eigenvalue weighted by atomic mass is 10.2. The fourth-order valence-corrected chi connectivity index (χ4v) is 1.95. The minimum absolute atomic E-state index is 0.0250. The van der Waals surface area contributed by atoms with Crippen LogP contribution >= 0.6 is 0 Å². The molecule has 0 fully saturated rings. The molecular weight excluding hydrogens is 264 g/mol. The molecule has 1 rings (SSSR count). The van der Waals surface area contributed by atoms with Crippen LogP contribution in [0.2, 0.25) is 0 Å². The van der Waals surface area contributed by atoms with Gasteiger partial charge in [-0.25, -0.2) is 0 Å². The molecule has 0 spiro atoms. The van der Waals surface area contributed by atoms with Crippen molar-refractivity contribution in [3.63, 3.8) is 0 Å². The summed E-state index contributed by atoms with van der Waals surface area (Å²) >= 11 is 0. The molecule has 0 bridgehead atoms. The summed E-state index contributed by atoms with van der Waals surface area (Å²) in [6.45, 7) is 8.58. The molecule has 0 heterocycles. The zero-order chi connectivity index (χ0) is 15.7. The second-order valence-electron chi connectivity index (χ2n) is 5.30. The number of hydrogen-bond acceptors (Lipinski definition) is 3. The summed E-state index contributed by atoms with van der Waals surface area (Å²) in [7, 11) is 0. The lowest BCUT2D eigenvalue weighted by molar-refractivity contribution is -0.120. The molecule has 0 aliphatic rings. The number of hydrogen-bond donors (Lipinski definition) is 2. The normalized spacial score (nSPS) is 12.0. The maximum atomic E-state index is 11.8. The number of anilines is 1. The minimum atomic E-state index is 0.0250. The van der Waals surface area contributed by atoms with E-state index in [0.29, 0.717) is 0 Å². The third-order valence-electron chi connectivity index (χ3n) is 3.55. The van der Waals surface area contributed by atoms with Gasteiger partial charge in [0, 0.05) is 17.8 Å². The molecule has 118 valence electrons. The maximum Gasteiger partial charge on any atom is 0.239 e. The van der Waals surface area contributed by atoms with Gasteiger partial charge in [0.25, 0.3) is 0 Å². The maximum absolute atomic E-state index is 11.8. The van der Waals surface area contributed by atoms with Gasteiger partial charge in [-0.3, -0.25) is 4.79 Å². The van der Waals surface area contributed by atoms with Gasteiger partial charge in [-0.05, 0) is 38.3 Å². The smallest absolute Gasteiger partial charge is 0.239 e. The molecule has 0 aromatic heterocycles. The average Bonchev–Trinajstić information content (AvgIpc) is 2.50. The highest BCUT2D eigenvalue weighted by atomic mass is 16.5. The Balaban J connectivity index is 2.48. The number of carbonyl (C=O) groups is 1. The zero-order valence-corrected chi connectivity index (χ0v) is 13.6. The zero-order valence-electron chi connectivity index (χ0n) is 13.6. The largest absolute Gasteiger partial charge is 0.491 e. The second-order valence-corrected chi connectivity index (χ2v) is 5.30. The van der Waals surface area contributed by atoms with Gasteiger partial charge >= 0.3 is 0 Å². The predicted molar refractivity (Wildman–Crippen MR) is 87.8 cm³/mol. The minimum Gasteiger partial charge on any atom is -0.491 e. The number of amides is 1. The standard InChI is InChI=1S/C17H28N2O2/c1-5-13(4)21-16-10-8-9-15(11-16)18-12-17(20)19-14(6-2)7-3/h8-11,13-14,18H,5-7,12H2,1-4H3,(H,19,20). The number of nitrogens with one attached hydrogen (secondary N) is 2. The first kappa shape index (κ1) is 17.3. The molecule has 0 aliphatic carbocycles. The van der Waals surface area contributed by atoms with E-state index in [1.165, 1.54) is 0 Å². The van der Waals surface area contributed by atoms with Crippen molar-refractivity contribution in [3.05, 3.63) is 24.3 Å². The van der Waals surface area contributed by atoms with E-state index in [0.717, 1.165) is 30.7 Å². The number of carbonyl (C=O) groups excluding carboxylic acids is 1. The van der Waals surface area contributed by atoms with E-state index in [4.69, 9.17) is 4.74 Å². The Morgan fingerprint density at radius 3 is 2.52 bits per heavy atom. The van der Waals surface area contributed by atoms with Gasteiger partial charge in [0.2, 0.25) is 5.91 Å². The highest BCUT2D eigenvalue weighted by Crippen LogP contribution is 2.19. The van der Waals surface area contributed by atoms with E-state index in [2.05, 4.69) is 31.4 Å². The van der Waals surface area contributed by atoms with Crippen molar-refractivity contribution in [1.29, 1.82) is 0 Å². The average molecular weight is 292 g/mol. The van der Waals surface area contributed by atoms with Crippen LogP contribution in [0.3, 0.4) is 0 Å². The van der Waals surface area contributed by atoms with Gasteiger partial charge in [-0.1, -0.05) is 26.8 Å². The SMILES string of the molecule is CCC(CC)NC(=O)CNc1cccc(OC(C)CC)c1. The third kappa shape index (κ3) is 6.52. The molecule has 0 saturated carbocycles. The first-order valence-electron chi connectivity index (χ1n) is 7.88. The van der Waals surface area contributed by atoms with Crippen LogP contribution in [0.15, 0.2) is 24.3 Å². The summed E-state index contributed by atoms with van der Waals surface area (Å²) in [6, 6.07) is 7.99. The van der Waals surface area contributed by atoms with Gasteiger partial charge in [-0.15, -0.1) is 0 Å².